The number of fused-ring (bicyclic) bond motifs is 1. The summed E-state index contributed by atoms with van der Waals surface area (Å²) >= 11 is 12.6. The molecule has 38 heavy (non-hydrogen) atoms. The normalized spacial score (nSPS) is 13.8. The lowest BCUT2D eigenvalue weighted by molar-refractivity contribution is 0.0669. The number of benzene rings is 1. The average molecular weight is 553 g/mol. The number of hydrogen-bond acceptors (Lipinski definition) is 7. The lowest BCUT2D eigenvalue weighted by atomic mass is 9.87. The van der Waals surface area contributed by atoms with Crippen LogP contribution in [-0.4, -0.2) is 64.2 Å². The van der Waals surface area contributed by atoms with E-state index in [9.17, 15) is 10.1 Å². The molecule has 1 atom stereocenters. The maximum atomic E-state index is 14.0. The van der Waals surface area contributed by atoms with Gasteiger partial charge < -0.3 is 14.5 Å². The Morgan fingerprint density at radius 1 is 1.16 bits per heavy atom. The fourth-order valence-corrected chi connectivity index (χ4v) is 4.99. The summed E-state index contributed by atoms with van der Waals surface area (Å²) in [5.41, 5.74) is 5.13. The molecule has 2 aromatic heterocycles. The number of halogens is 2. The van der Waals surface area contributed by atoms with Crippen molar-refractivity contribution in [3.8, 4) is 22.9 Å². The molecule has 198 valence electrons. The number of pyridine rings is 1. The Hall–Kier alpha value is -3.25. The molecule has 0 fully saturated rings. The Bertz CT molecular complexity index is 1390. The lowest BCUT2D eigenvalue weighted by Gasteiger charge is -2.35. The highest BCUT2D eigenvalue weighted by molar-refractivity contribution is 6.33. The molecule has 0 saturated heterocycles. The molecule has 0 aliphatic carbocycles. The van der Waals surface area contributed by atoms with Crippen molar-refractivity contribution in [2.24, 2.45) is 0 Å². The average Bonchev–Trinajstić information content (AvgIpc) is 2.92. The number of ether oxygens (including phenoxy) is 1. The zero-order valence-electron chi connectivity index (χ0n) is 22.0. The van der Waals surface area contributed by atoms with Gasteiger partial charge in [-0.05, 0) is 69.1 Å². The van der Waals surface area contributed by atoms with Crippen molar-refractivity contribution in [3.63, 3.8) is 0 Å². The van der Waals surface area contributed by atoms with E-state index in [4.69, 9.17) is 27.9 Å². The van der Waals surface area contributed by atoms with Gasteiger partial charge in [0.25, 0.3) is 5.91 Å². The van der Waals surface area contributed by atoms with Gasteiger partial charge >= 0.3 is 0 Å². The van der Waals surface area contributed by atoms with E-state index in [-0.39, 0.29) is 22.3 Å². The van der Waals surface area contributed by atoms with Crippen molar-refractivity contribution < 1.29 is 9.53 Å². The first-order valence-corrected chi connectivity index (χ1v) is 13.4. The summed E-state index contributed by atoms with van der Waals surface area (Å²) in [6, 6.07) is 9.32. The van der Waals surface area contributed by atoms with Crippen LogP contribution in [0.5, 0.6) is 5.75 Å². The van der Waals surface area contributed by atoms with Crippen LogP contribution in [0.15, 0.2) is 30.5 Å². The van der Waals surface area contributed by atoms with E-state index in [1.807, 2.05) is 24.8 Å². The Morgan fingerprint density at radius 2 is 1.92 bits per heavy atom. The van der Waals surface area contributed by atoms with E-state index >= 15 is 0 Å². The molecule has 0 spiro atoms. The number of likely N-dealkylation sites (N-methyl/N-ethyl adjacent to an activating group) is 1. The highest BCUT2D eigenvalue weighted by Gasteiger charge is 2.32. The molecule has 3 aromatic rings. The quantitative estimate of drug-likeness (QED) is 0.352. The number of carbonyl (C=O) groups excluding carboxylic acids is 1. The number of aromatic nitrogens is 3. The summed E-state index contributed by atoms with van der Waals surface area (Å²) in [7, 11) is 2.07. The van der Waals surface area contributed by atoms with Gasteiger partial charge in [0.2, 0.25) is 0 Å². The fraction of sp³-hybridized carbons (Fsp3) is 0.393. The van der Waals surface area contributed by atoms with Crippen LogP contribution in [0.2, 0.25) is 10.3 Å². The minimum Gasteiger partial charge on any atom is -0.492 e. The van der Waals surface area contributed by atoms with E-state index in [1.54, 1.807) is 12.1 Å². The van der Waals surface area contributed by atoms with Gasteiger partial charge in [-0.25, -0.2) is 0 Å². The summed E-state index contributed by atoms with van der Waals surface area (Å²) in [4.78, 5) is 22.5. The SMILES string of the molecule is CCOc1cc(C(C)N2CCc3c(cc(CCN(C)CC)cc3-c3cc(Cl)nnc3Cl)C2=O)ncc1C#N. The predicted molar refractivity (Wildman–Crippen MR) is 148 cm³/mol. The number of amides is 1. The summed E-state index contributed by atoms with van der Waals surface area (Å²) in [5, 5.41) is 17.7. The minimum atomic E-state index is -0.318. The molecule has 1 aliphatic rings. The molecule has 10 heteroatoms. The number of hydrogen-bond donors (Lipinski definition) is 0. The van der Waals surface area contributed by atoms with Gasteiger partial charge in [-0.3, -0.25) is 9.78 Å². The molecule has 1 amide bonds. The van der Waals surface area contributed by atoms with Crippen molar-refractivity contribution in [2.45, 2.75) is 39.7 Å². The number of nitrogens with zero attached hydrogens (tertiary/aromatic N) is 6. The van der Waals surface area contributed by atoms with Gasteiger partial charge in [0.15, 0.2) is 10.3 Å². The maximum absolute atomic E-state index is 14.0. The molecule has 1 unspecified atom stereocenters. The van der Waals surface area contributed by atoms with Crippen LogP contribution < -0.4 is 4.74 Å². The van der Waals surface area contributed by atoms with Crippen molar-refractivity contribution in [2.75, 3.05) is 33.3 Å². The van der Waals surface area contributed by atoms with Crippen molar-refractivity contribution >= 4 is 29.1 Å². The number of carbonyl (C=O) groups is 1. The van der Waals surface area contributed by atoms with E-state index in [2.05, 4.69) is 46.2 Å². The Morgan fingerprint density at radius 3 is 2.63 bits per heavy atom. The third kappa shape index (κ3) is 5.75. The van der Waals surface area contributed by atoms with E-state index in [1.165, 1.54) is 6.20 Å². The maximum Gasteiger partial charge on any atom is 0.254 e. The smallest absolute Gasteiger partial charge is 0.254 e. The number of rotatable bonds is 9. The Labute approximate surface area is 233 Å². The molecular weight excluding hydrogens is 523 g/mol. The monoisotopic (exact) mass is 552 g/mol. The zero-order chi connectivity index (χ0) is 27.4. The third-order valence-electron chi connectivity index (χ3n) is 6.94. The Balaban J connectivity index is 1.75. The van der Waals surface area contributed by atoms with Crippen LogP contribution in [0.1, 0.15) is 59.6 Å². The molecule has 1 aliphatic heterocycles. The molecule has 0 bridgehead atoms. The van der Waals surface area contributed by atoms with Crippen molar-refractivity contribution in [3.05, 3.63) is 68.7 Å². The predicted octanol–water partition coefficient (Wildman–Crippen LogP) is 5.37. The molecule has 3 heterocycles. The highest BCUT2D eigenvalue weighted by Crippen LogP contribution is 2.37. The van der Waals surface area contributed by atoms with Crippen LogP contribution in [0, 0.1) is 11.3 Å². The second kappa shape index (κ2) is 12.1. The summed E-state index contributed by atoms with van der Waals surface area (Å²) < 4.78 is 5.64. The fourth-order valence-electron chi connectivity index (χ4n) is 4.65. The van der Waals surface area contributed by atoms with Gasteiger partial charge in [0, 0.05) is 36.5 Å². The van der Waals surface area contributed by atoms with E-state index in [0.717, 1.165) is 36.2 Å². The van der Waals surface area contributed by atoms with Gasteiger partial charge in [0.05, 0.1) is 18.3 Å². The molecule has 0 N–H and O–H groups in total. The highest BCUT2D eigenvalue weighted by atomic mass is 35.5. The lowest BCUT2D eigenvalue weighted by Crippen LogP contribution is -2.40. The minimum absolute atomic E-state index is 0.0842. The third-order valence-corrected chi connectivity index (χ3v) is 7.40. The molecular formula is C28H30Cl2N6O2. The molecule has 8 nitrogen and oxygen atoms in total. The van der Waals surface area contributed by atoms with Crippen LogP contribution in [-0.2, 0) is 12.8 Å². The summed E-state index contributed by atoms with van der Waals surface area (Å²) in [6.07, 6.45) is 2.90. The molecule has 1 aromatic carbocycles. The summed E-state index contributed by atoms with van der Waals surface area (Å²) in [5.74, 6) is 0.386. The Kier molecular flexibility index (Phi) is 8.83. The summed E-state index contributed by atoms with van der Waals surface area (Å²) in [6.45, 7) is 8.61. The molecule has 0 saturated carbocycles. The molecule has 4 rings (SSSR count). The van der Waals surface area contributed by atoms with Crippen LogP contribution in [0.25, 0.3) is 11.1 Å². The topological polar surface area (TPSA) is 95.2 Å². The van der Waals surface area contributed by atoms with E-state index in [0.29, 0.717) is 47.7 Å². The molecule has 0 radical (unpaired) electrons. The number of nitriles is 1. The van der Waals surface area contributed by atoms with Gasteiger partial charge in [-0.1, -0.05) is 36.2 Å². The standard InChI is InChI=1S/C28H30Cl2N6O2/c1-5-35(4)9-7-18-11-21(22-13-26(29)33-34-27(22)30)20-8-10-36(28(37)23(20)12-18)17(3)24-14-25(38-6-2)19(15-31)16-32-24/h11-14,16-17H,5-10H2,1-4H3. The van der Waals surface area contributed by atoms with E-state index < -0.39 is 0 Å². The largest absolute Gasteiger partial charge is 0.492 e. The van der Waals surface area contributed by atoms with Gasteiger partial charge in [-0.2, -0.15) is 5.26 Å². The van der Waals surface area contributed by atoms with Crippen LogP contribution in [0.4, 0.5) is 0 Å². The van der Waals surface area contributed by atoms with Crippen molar-refractivity contribution in [1.29, 1.82) is 5.26 Å². The van der Waals surface area contributed by atoms with Crippen LogP contribution in [0.3, 0.4) is 0 Å². The first-order valence-electron chi connectivity index (χ1n) is 12.6. The second-order valence-electron chi connectivity index (χ2n) is 9.26. The van der Waals surface area contributed by atoms with Gasteiger partial charge in [-0.15, -0.1) is 10.2 Å². The zero-order valence-corrected chi connectivity index (χ0v) is 23.5. The second-order valence-corrected chi connectivity index (χ2v) is 10.0. The first-order chi connectivity index (χ1) is 18.3. The van der Waals surface area contributed by atoms with Crippen molar-refractivity contribution in [1.82, 2.24) is 25.0 Å². The van der Waals surface area contributed by atoms with Gasteiger partial charge in [0.1, 0.15) is 17.4 Å². The van der Waals surface area contributed by atoms with Crippen LogP contribution >= 0.6 is 23.2 Å². The first kappa shape index (κ1) is 27.8.